The number of amides is 1. The Morgan fingerprint density at radius 3 is 2.27 bits per heavy atom. The lowest BCUT2D eigenvalue weighted by Crippen LogP contribution is -2.36. The highest BCUT2D eigenvalue weighted by Crippen LogP contribution is 2.49. The minimum absolute atomic E-state index is 0.0119. The number of hydrogen-bond acceptors (Lipinski definition) is 8. The summed E-state index contributed by atoms with van der Waals surface area (Å²) in [4.78, 5) is 28.9. The van der Waals surface area contributed by atoms with Gasteiger partial charge in [0.25, 0.3) is 0 Å². The summed E-state index contributed by atoms with van der Waals surface area (Å²) in [5.41, 5.74) is 0.852. The maximum absolute atomic E-state index is 13.7. The first-order valence-corrected chi connectivity index (χ1v) is 13.5. The number of carbonyl (C=O) groups excluding carboxylic acids is 1. The highest BCUT2D eigenvalue weighted by Gasteiger charge is 2.33. The van der Waals surface area contributed by atoms with E-state index in [4.69, 9.17) is 18.6 Å². The van der Waals surface area contributed by atoms with Crippen LogP contribution in [0.1, 0.15) is 42.7 Å². The van der Waals surface area contributed by atoms with Crippen LogP contribution in [0.4, 0.5) is 0 Å². The molecular formula is C32H33NO8. The van der Waals surface area contributed by atoms with E-state index in [2.05, 4.69) is 0 Å². The maximum Gasteiger partial charge on any atom is 0.223 e. The van der Waals surface area contributed by atoms with Gasteiger partial charge in [0.05, 0.1) is 21.3 Å². The van der Waals surface area contributed by atoms with Crippen molar-refractivity contribution in [2.24, 2.45) is 0 Å². The van der Waals surface area contributed by atoms with Crippen molar-refractivity contribution in [1.82, 2.24) is 4.90 Å². The van der Waals surface area contributed by atoms with Crippen LogP contribution in [-0.4, -0.2) is 55.4 Å². The number of nitrogens with zero attached hydrogens (tertiary/aromatic N) is 1. The number of carbonyl (C=O) groups is 1. The van der Waals surface area contributed by atoms with E-state index in [0.29, 0.717) is 41.5 Å². The lowest BCUT2D eigenvalue weighted by atomic mass is 9.85. The number of phenols is 2. The zero-order valence-electron chi connectivity index (χ0n) is 23.3. The molecule has 1 aliphatic rings. The highest BCUT2D eigenvalue weighted by atomic mass is 16.5. The summed E-state index contributed by atoms with van der Waals surface area (Å²) in [7, 11) is 4.47. The molecule has 9 heteroatoms. The molecule has 3 aromatic carbocycles. The standard InChI is InChI=1S/C32H33NO8/c1-38-25-13-12-20(30(39-2)31(25)40-3)21(16-27(37)33-14-8-5-9-15-33)28-22(34)17-23(35)29-24(36)18-26(41-32(28)29)19-10-6-4-7-11-19/h4,6-7,10-13,17-18,21,34-35H,5,8-9,14-16H2,1-3H3/t21-/m1/s1. The molecule has 0 saturated carbocycles. The average molecular weight is 560 g/mol. The van der Waals surface area contributed by atoms with Crippen molar-refractivity contribution >= 4 is 16.9 Å². The molecule has 5 rings (SSSR count). The summed E-state index contributed by atoms with van der Waals surface area (Å²) < 4.78 is 23.1. The van der Waals surface area contributed by atoms with E-state index in [-0.39, 0.29) is 40.4 Å². The Bertz CT molecular complexity index is 1620. The lowest BCUT2D eigenvalue weighted by Gasteiger charge is -2.30. The van der Waals surface area contributed by atoms with E-state index < -0.39 is 17.1 Å². The van der Waals surface area contributed by atoms with Crippen LogP contribution in [0, 0.1) is 0 Å². The molecule has 1 saturated heterocycles. The van der Waals surface area contributed by atoms with Gasteiger partial charge in [-0.2, -0.15) is 0 Å². The van der Waals surface area contributed by atoms with Gasteiger partial charge < -0.3 is 33.7 Å². The lowest BCUT2D eigenvalue weighted by molar-refractivity contribution is -0.132. The Morgan fingerprint density at radius 2 is 1.61 bits per heavy atom. The molecule has 2 N–H and O–H groups in total. The first-order chi connectivity index (χ1) is 19.9. The van der Waals surface area contributed by atoms with Crippen LogP contribution in [0.5, 0.6) is 28.7 Å². The fraction of sp³-hybridized carbons (Fsp3) is 0.312. The Balaban J connectivity index is 1.79. The summed E-state index contributed by atoms with van der Waals surface area (Å²) in [5, 5.41) is 22.0. The quantitative estimate of drug-likeness (QED) is 0.293. The predicted octanol–water partition coefficient (Wildman–Crippen LogP) is 5.43. The molecule has 0 radical (unpaired) electrons. The summed E-state index contributed by atoms with van der Waals surface area (Å²) in [5.74, 6) is -0.388. The van der Waals surface area contributed by atoms with Crippen LogP contribution in [0.3, 0.4) is 0 Å². The smallest absolute Gasteiger partial charge is 0.223 e. The summed E-state index contributed by atoms with van der Waals surface area (Å²) in [6.45, 7) is 1.29. The fourth-order valence-electron chi connectivity index (χ4n) is 5.62. The molecule has 0 spiro atoms. The molecule has 1 amide bonds. The van der Waals surface area contributed by atoms with Crippen molar-refractivity contribution in [2.45, 2.75) is 31.6 Å². The SMILES string of the molecule is COc1ccc([C@@H](CC(=O)N2CCCCC2)c2c(O)cc(O)c3c(=O)cc(-c4ccccc4)oc23)c(OC)c1OC. The molecule has 2 heterocycles. The predicted molar refractivity (Wildman–Crippen MR) is 154 cm³/mol. The number of piperidine rings is 1. The van der Waals surface area contributed by atoms with E-state index in [0.717, 1.165) is 25.3 Å². The number of likely N-dealkylation sites (tertiary alicyclic amines) is 1. The Morgan fingerprint density at radius 1 is 0.902 bits per heavy atom. The molecule has 9 nitrogen and oxygen atoms in total. The normalized spacial score (nSPS) is 14.1. The molecule has 41 heavy (non-hydrogen) atoms. The molecule has 1 fully saturated rings. The summed E-state index contributed by atoms with van der Waals surface area (Å²) in [6, 6.07) is 14.9. The molecule has 4 aromatic rings. The number of benzene rings is 3. The molecule has 0 bridgehead atoms. The zero-order chi connectivity index (χ0) is 29.1. The maximum atomic E-state index is 13.7. The van der Waals surface area contributed by atoms with E-state index in [1.807, 2.05) is 23.1 Å². The number of fused-ring (bicyclic) bond motifs is 1. The molecule has 1 atom stereocenters. The van der Waals surface area contributed by atoms with Gasteiger partial charge in [-0.3, -0.25) is 9.59 Å². The van der Waals surface area contributed by atoms with Gasteiger partial charge in [-0.15, -0.1) is 0 Å². The molecule has 0 unspecified atom stereocenters. The Kier molecular flexibility index (Phi) is 8.05. The van der Waals surface area contributed by atoms with Crippen LogP contribution in [0.15, 0.2) is 63.8 Å². The molecule has 1 aliphatic heterocycles. The van der Waals surface area contributed by atoms with Gasteiger partial charge in [-0.1, -0.05) is 36.4 Å². The topological polar surface area (TPSA) is 119 Å². The Hall–Kier alpha value is -4.66. The fourth-order valence-corrected chi connectivity index (χ4v) is 5.62. The second-order valence-corrected chi connectivity index (χ2v) is 10.00. The second-order valence-electron chi connectivity index (χ2n) is 10.00. The van der Waals surface area contributed by atoms with E-state index in [1.54, 1.807) is 24.3 Å². The van der Waals surface area contributed by atoms with Gasteiger partial charge in [0.15, 0.2) is 16.9 Å². The highest BCUT2D eigenvalue weighted by molar-refractivity contribution is 5.91. The van der Waals surface area contributed by atoms with Crippen molar-refractivity contribution in [2.75, 3.05) is 34.4 Å². The van der Waals surface area contributed by atoms with Crippen molar-refractivity contribution in [3.63, 3.8) is 0 Å². The minimum atomic E-state index is -0.837. The average Bonchev–Trinajstić information content (AvgIpc) is 2.99. The van der Waals surface area contributed by atoms with Crippen molar-refractivity contribution in [3.05, 3.63) is 75.9 Å². The third kappa shape index (κ3) is 5.27. The van der Waals surface area contributed by atoms with Gasteiger partial charge in [0.2, 0.25) is 11.7 Å². The van der Waals surface area contributed by atoms with Gasteiger partial charge in [0.1, 0.15) is 28.2 Å². The number of ether oxygens (including phenoxy) is 3. The first kappa shape index (κ1) is 27.9. The zero-order valence-corrected chi connectivity index (χ0v) is 23.3. The van der Waals surface area contributed by atoms with Crippen LogP contribution in [-0.2, 0) is 4.79 Å². The number of aromatic hydroxyl groups is 2. The third-order valence-corrected chi connectivity index (χ3v) is 7.60. The second kappa shape index (κ2) is 11.8. The third-order valence-electron chi connectivity index (χ3n) is 7.60. The van der Waals surface area contributed by atoms with Crippen LogP contribution in [0.25, 0.3) is 22.3 Å². The van der Waals surface area contributed by atoms with Crippen LogP contribution >= 0.6 is 0 Å². The van der Waals surface area contributed by atoms with E-state index >= 15 is 0 Å². The van der Waals surface area contributed by atoms with E-state index in [1.165, 1.54) is 27.4 Å². The van der Waals surface area contributed by atoms with E-state index in [9.17, 15) is 19.8 Å². The van der Waals surface area contributed by atoms with Gasteiger partial charge >= 0.3 is 0 Å². The van der Waals surface area contributed by atoms with Crippen molar-refractivity contribution in [1.29, 1.82) is 0 Å². The van der Waals surface area contributed by atoms with Crippen molar-refractivity contribution < 1.29 is 33.6 Å². The van der Waals surface area contributed by atoms with Crippen LogP contribution < -0.4 is 19.6 Å². The van der Waals surface area contributed by atoms with Gasteiger partial charge in [-0.05, 0) is 25.3 Å². The Labute approximate surface area is 237 Å². The minimum Gasteiger partial charge on any atom is -0.507 e. The number of methoxy groups -OCH3 is 3. The number of phenolic OH excluding ortho intramolecular Hbond substituents is 2. The summed E-state index contributed by atoms with van der Waals surface area (Å²) in [6.07, 6.45) is 2.84. The monoisotopic (exact) mass is 559 g/mol. The molecule has 1 aromatic heterocycles. The molecular weight excluding hydrogens is 526 g/mol. The first-order valence-electron chi connectivity index (χ1n) is 13.5. The van der Waals surface area contributed by atoms with Gasteiger partial charge in [-0.25, -0.2) is 0 Å². The van der Waals surface area contributed by atoms with Gasteiger partial charge in [0, 0.05) is 54.3 Å². The summed E-state index contributed by atoms with van der Waals surface area (Å²) >= 11 is 0. The largest absolute Gasteiger partial charge is 0.507 e. The van der Waals surface area contributed by atoms with Crippen molar-refractivity contribution in [3.8, 4) is 40.1 Å². The van der Waals surface area contributed by atoms with Crippen LogP contribution in [0.2, 0.25) is 0 Å². The molecule has 0 aliphatic carbocycles. The molecule has 214 valence electrons. The number of rotatable bonds is 8. The number of hydrogen-bond donors (Lipinski definition) is 2.